The molecule has 0 aromatic heterocycles. The van der Waals surface area contributed by atoms with Crippen LogP contribution in [0.4, 0.5) is 0 Å². The average Bonchev–Trinajstić information content (AvgIpc) is 2.83. The van der Waals surface area contributed by atoms with Gasteiger partial charge in [-0.3, -0.25) is 4.79 Å². The van der Waals surface area contributed by atoms with Gasteiger partial charge in [-0.05, 0) is 68.7 Å². The Morgan fingerprint density at radius 1 is 1.09 bits per heavy atom. The molecule has 0 saturated carbocycles. The number of carbonyl (C=O) groups excluding carboxylic acids is 2. The lowest BCUT2D eigenvalue weighted by Gasteiger charge is -2.38. The van der Waals surface area contributed by atoms with Crippen LogP contribution in [0.1, 0.15) is 43.7 Å². The molecule has 7 nitrogen and oxygen atoms in total. The number of thioether (sulfide) groups is 1. The standard InChI is InChI=1S/C23H32N2O5S2/c1-2-30-23(27)21-16-31-14-13-25(21)22(26)18-9-11-24(12-10-18)32(28,29)20-8-7-17-5-3-4-6-19(17)15-20/h7-8,15,18,21H,2-6,9-14,16H2,1H3/t21-/m1/s1. The van der Waals surface area contributed by atoms with Crippen LogP contribution < -0.4 is 0 Å². The summed E-state index contributed by atoms with van der Waals surface area (Å²) < 4.78 is 33.1. The van der Waals surface area contributed by atoms with Crippen LogP contribution in [0.25, 0.3) is 0 Å². The highest BCUT2D eigenvalue weighted by atomic mass is 32.2. The van der Waals surface area contributed by atoms with Crippen molar-refractivity contribution in [3.8, 4) is 0 Å². The van der Waals surface area contributed by atoms with Crippen molar-refractivity contribution >= 4 is 33.7 Å². The number of esters is 1. The van der Waals surface area contributed by atoms with Gasteiger partial charge in [0.25, 0.3) is 0 Å². The number of sulfonamides is 1. The zero-order valence-electron chi connectivity index (χ0n) is 18.6. The molecule has 0 unspecified atom stereocenters. The van der Waals surface area contributed by atoms with Crippen LogP contribution in [0.15, 0.2) is 23.1 Å². The van der Waals surface area contributed by atoms with Gasteiger partial charge in [-0.2, -0.15) is 16.1 Å². The summed E-state index contributed by atoms with van der Waals surface area (Å²) in [6.45, 7) is 3.23. The quantitative estimate of drug-likeness (QED) is 0.602. The number of rotatable bonds is 5. The molecule has 2 heterocycles. The molecule has 0 N–H and O–H groups in total. The first kappa shape index (κ1) is 23.6. The number of hydrogen-bond donors (Lipinski definition) is 0. The number of amides is 1. The Morgan fingerprint density at radius 2 is 1.81 bits per heavy atom. The van der Waals surface area contributed by atoms with E-state index in [0.29, 0.717) is 49.7 Å². The highest BCUT2D eigenvalue weighted by molar-refractivity contribution is 7.99. The molecule has 1 aliphatic carbocycles. The lowest BCUT2D eigenvalue weighted by atomic mass is 9.92. The van der Waals surface area contributed by atoms with E-state index in [-0.39, 0.29) is 17.8 Å². The first-order valence-electron chi connectivity index (χ1n) is 11.6. The minimum atomic E-state index is -3.57. The number of aryl methyl sites for hydroxylation is 2. The van der Waals surface area contributed by atoms with E-state index in [2.05, 4.69) is 0 Å². The van der Waals surface area contributed by atoms with Crippen molar-refractivity contribution in [2.45, 2.75) is 56.4 Å². The second kappa shape index (κ2) is 10.1. The van der Waals surface area contributed by atoms with E-state index < -0.39 is 16.1 Å². The molecule has 0 spiro atoms. The molecule has 0 radical (unpaired) electrons. The molecule has 2 saturated heterocycles. The van der Waals surface area contributed by atoms with Gasteiger partial charge >= 0.3 is 5.97 Å². The highest BCUT2D eigenvalue weighted by Crippen LogP contribution is 2.30. The number of hydrogen-bond acceptors (Lipinski definition) is 6. The predicted octanol–water partition coefficient (Wildman–Crippen LogP) is 2.47. The summed E-state index contributed by atoms with van der Waals surface area (Å²) in [4.78, 5) is 27.5. The fourth-order valence-corrected chi connectivity index (χ4v) is 7.45. The monoisotopic (exact) mass is 480 g/mol. The highest BCUT2D eigenvalue weighted by Gasteiger charge is 2.39. The van der Waals surface area contributed by atoms with Crippen LogP contribution in [0, 0.1) is 5.92 Å². The maximum Gasteiger partial charge on any atom is 0.329 e. The van der Waals surface area contributed by atoms with Gasteiger partial charge in [-0.25, -0.2) is 13.2 Å². The second-order valence-electron chi connectivity index (χ2n) is 8.69. The van der Waals surface area contributed by atoms with Gasteiger partial charge in [0.2, 0.25) is 15.9 Å². The van der Waals surface area contributed by atoms with E-state index in [1.807, 2.05) is 12.1 Å². The fraction of sp³-hybridized carbons (Fsp3) is 0.652. The van der Waals surface area contributed by atoms with Crippen LogP contribution in [0.3, 0.4) is 0 Å². The van der Waals surface area contributed by atoms with Crippen molar-refractivity contribution in [3.05, 3.63) is 29.3 Å². The van der Waals surface area contributed by atoms with Crippen LogP contribution in [-0.2, 0) is 37.2 Å². The van der Waals surface area contributed by atoms with Crippen LogP contribution in [-0.4, -0.2) is 73.3 Å². The van der Waals surface area contributed by atoms with Crippen LogP contribution in [0.2, 0.25) is 0 Å². The first-order valence-corrected chi connectivity index (χ1v) is 14.2. The summed E-state index contributed by atoms with van der Waals surface area (Å²) in [6, 6.07) is 4.99. The van der Waals surface area contributed by atoms with E-state index in [1.165, 1.54) is 9.87 Å². The number of carbonyl (C=O) groups is 2. The third-order valence-electron chi connectivity index (χ3n) is 6.73. The number of ether oxygens (including phenoxy) is 1. The van der Waals surface area contributed by atoms with Crippen molar-refractivity contribution in [1.29, 1.82) is 0 Å². The minimum Gasteiger partial charge on any atom is -0.464 e. The summed E-state index contributed by atoms with van der Waals surface area (Å²) in [7, 11) is -3.57. The normalized spacial score (nSPS) is 22.9. The topological polar surface area (TPSA) is 84.0 Å². The van der Waals surface area contributed by atoms with Gasteiger partial charge in [0.1, 0.15) is 6.04 Å². The van der Waals surface area contributed by atoms with Gasteiger partial charge < -0.3 is 9.64 Å². The zero-order valence-corrected chi connectivity index (χ0v) is 20.3. The van der Waals surface area contributed by atoms with Gasteiger partial charge in [0.15, 0.2) is 0 Å². The van der Waals surface area contributed by atoms with Gasteiger partial charge in [-0.1, -0.05) is 6.07 Å². The summed E-state index contributed by atoms with van der Waals surface area (Å²) in [5, 5.41) is 0. The van der Waals surface area contributed by atoms with E-state index >= 15 is 0 Å². The summed E-state index contributed by atoms with van der Waals surface area (Å²) in [6.07, 6.45) is 5.17. The van der Waals surface area contributed by atoms with Gasteiger partial charge in [-0.15, -0.1) is 0 Å². The van der Waals surface area contributed by atoms with E-state index in [4.69, 9.17) is 4.74 Å². The van der Waals surface area contributed by atoms with Gasteiger partial charge in [0, 0.05) is 37.1 Å². The van der Waals surface area contributed by atoms with Crippen molar-refractivity contribution < 1.29 is 22.7 Å². The molecule has 1 amide bonds. The molecule has 4 rings (SSSR count). The molecular weight excluding hydrogens is 448 g/mol. The first-order chi connectivity index (χ1) is 15.4. The fourth-order valence-electron chi connectivity index (χ4n) is 4.90. The molecule has 9 heteroatoms. The van der Waals surface area contributed by atoms with E-state index in [0.717, 1.165) is 37.0 Å². The summed E-state index contributed by atoms with van der Waals surface area (Å²) >= 11 is 1.65. The van der Waals surface area contributed by atoms with Crippen molar-refractivity contribution in [1.82, 2.24) is 9.21 Å². The molecule has 1 aromatic carbocycles. The van der Waals surface area contributed by atoms with Gasteiger partial charge in [0.05, 0.1) is 11.5 Å². The molecule has 32 heavy (non-hydrogen) atoms. The largest absolute Gasteiger partial charge is 0.464 e. The number of benzene rings is 1. The second-order valence-corrected chi connectivity index (χ2v) is 11.8. The van der Waals surface area contributed by atoms with Crippen LogP contribution >= 0.6 is 11.8 Å². The summed E-state index contributed by atoms with van der Waals surface area (Å²) in [5.74, 6) is 0.697. The number of fused-ring (bicyclic) bond motifs is 1. The maximum atomic E-state index is 13.2. The van der Waals surface area contributed by atoms with Crippen molar-refractivity contribution in [2.75, 3.05) is 37.7 Å². The Bertz CT molecular complexity index is 957. The molecule has 2 fully saturated rings. The molecule has 1 aromatic rings. The lowest BCUT2D eigenvalue weighted by molar-refractivity contribution is -0.155. The Balaban J connectivity index is 1.41. The molecule has 176 valence electrons. The van der Waals surface area contributed by atoms with Crippen LogP contribution in [0.5, 0.6) is 0 Å². The Kier molecular flexibility index (Phi) is 7.47. The Labute approximate surface area is 194 Å². The van der Waals surface area contributed by atoms with Crippen molar-refractivity contribution in [3.63, 3.8) is 0 Å². The summed E-state index contributed by atoms with van der Waals surface area (Å²) in [5.41, 5.74) is 2.41. The number of nitrogens with zero attached hydrogens (tertiary/aromatic N) is 2. The van der Waals surface area contributed by atoms with Crippen molar-refractivity contribution in [2.24, 2.45) is 5.92 Å². The maximum absolute atomic E-state index is 13.2. The smallest absolute Gasteiger partial charge is 0.329 e. The third kappa shape index (κ3) is 4.84. The third-order valence-corrected chi connectivity index (χ3v) is 9.65. The molecule has 0 bridgehead atoms. The SMILES string of the molecule is CCOC(=O)[C@H]1CSCCN1C(=O)C1CCN(S(=O)(=O)c2ccc3c(c2)CCCC3)CC1. The van der Waals surface area contributed by atoms with E-state index in [1.54, 1.807) is 29.7 Å². The molecule has 1 atom stereocenters. The molecule has 2 aliphatic heterocycles. The number of piperidine rings is 1. The lowest BCUT2D eigenvalue weighted by Crippen LogP contribution is -2.54. The molecular formula is C23H32N2O5S2. The average molecular weight is 481 g/mol. The van der Waals surface area contributed by atoms with E-state index in [9.17, 15) is 18.0 Å². The minimum absolute atomic E-state index is 0.0471. The molecule has 3 aliphatic rings. The zero-order chi connectivity index (χ0) is 22.7. The Hall–Kier alpha value is -1.58. The predicted molar refractivity (Wildman–Crippen MR) is 124 cm³/mol. The Morgan fingerprint density at radius 3 is 2.53 bits per heavy atom.